The van der Waals surface area contributed by atoms with Gasteiger partial charge in [0.2, 0.25) is 0 Å². The highest BCUT2D eigenvalue weighted by Gasteiger charge is 2.51. The van der Waals surface area contributed by atoms with Gasteiger partial charge >= 0.3 is 0 Å². The second-order valence-electron chi connectivity index (χ2n) is 7.68. The van der Waals surface area contributed by atoms with E-state index in [0.717, 1.165) is 29.1 Å². The van der Waals surface area contributed by atoms with Crippen LogP contribution < -0.4 is 10.1 Å². The molecule has 0 radical (unpaired) electrons. The summed E-state index contributed by atoms with van der Waals surface area (Å²) in [5.41, 5.74) is 1.27. The van der Waals surface area contributed by atoms with Crippen LogP contribution in [0.5, 0.6) is 5.75 Å². The first-order valence-corrected chi connectivity index (χ1v) is 8.51. The van der Waals surface area contributed by atoms with Crippen LogP contribution in [-0.4, -0.2) is 12.6 Å². The van der Waals surface area contributed by atoms with E-state index in [0.29, 0.717) is 0 Å². The number of methoxy groups -OCH3 is 1. The van der Waals surface area contributed by atoms with Gasteiger partial charge in [-0.25, -0.2) is 0 Å². The molecule has 0 spiro atoms. The Labute approximate surface area is 132 Å². The van der Waals surface area contributed by atoms with Gasteiger partial charge in [-0.05, 0) is 74.0 Å². The monoisotopic (exact) mass is 296 g/mol. The summed E-state index contributed by atoms with van der Waals surface area (Å²) < 4.78 is 5.21. The zero-order chi connectivity index (χ0) is 15.2. The number of benzene rings is 1. The van der Waals surface area contributed by atoms with Crippen LogP contribution in [0.25, 0.3) is 0 Å². The lowest BCUT2D eigenvalue weighted by Gasteiger charge is -2.57. The lowest BCUT2D eigenvalue weighted by Crippen LogP contribution is -2.58. The predicted molar refractivity (Wildman–Crippen MR) is 85.4 cm³/mol. The van der Waals surface area contributed by atoms with Crippen molar-refractivity contribution in [2.75, 3.05) is 7.11 Å². The van der Waals surface area contributed by atoms with Crippen LogP contribution in [0.2, 0.25) is 0 Å². The van der Waals surface area contributed by atoms with E-state index in [1.54, 1.807) is 7.11 Å². The Balaban J connectivity index is 1.54. The van der Waals surface area contributed by atoms with Crippen LogP contribution in [-0.2, 0) is 0 Å². The average Bonchev–Trinajstić information content (AvgIpc) is 2.51. The molecule has 0 heterocycles. The molecule has 22 heavy (non-hydrogen) atoms. The van der Waals surface area contributed by atoms with Crippen molar-refractivity contribution in [1.82, 2.24) is 5.32 Å². The van der Waals surface area contributed by atoms with E-state index in [1.165, 1.54) is 38.5 Å². The Morgan fingerprint density at radius 3 is 2.09 bits per heavy atom. The van der Waals surface area contributed by atoms with Crippen molar-refractivity contribution in [1.29, 1.82) is 5.26 Å². The molecule has 4 bridgehead atoms. The standard InChI is InChI=1S/C19H24N2O/c1-22-17-4-2-16(3-5-17)18(12-20)21-19-9-13-6-14(10-19)8-15(7-13)11-19/h2-5,13-15,18,21H,6-11H2,1H3/t13?,14?,15?,18-,19?/m0/s1. The van der Waals surface area contributed by atoms with E-state index < -0.39 is 0 Å². The molecule has 0 aromatic heterocycles. The number of hydrogen-bond donors (Lipinski definition) is 1. The second kappa shape index (κ2) is 5.28. The number of nitriles is 1. The summed E-state index contributed by atoms with van der Waals surface area (Å²) in [6, 6.07) is 10.2. The van der Waals surface area contributed by atoms with Crippen LogP contribution in [0.15, 0.2) is 24.3 Å². The first-order valence-electron chi connectivity index (χ1n) is 8.51. The summed E-state index contributed by atoms with van der Waals surface area (Å²) in [5, 5.41) is 13.4. The molecule has 116 valence electrons. The Morgan fingerprint density at radius 2 is 1.64 bits per heavy atom. The maximum atomic E-state index is 9.66. The molecule has 4 fully saturated rings. The van der Waals surface area contributed by atoms with Gasteiger partial charge in [-0.15, -0.1) is 0 Å². The van der Waals surface area contributed by atoms with E-state index in [9.17, 15) is 5.26 Å². The Kier molecular flexibility index (Phi) is 3.38. The highest BCUT2D eigenvalue weighted by atomic mass is 16.5. The molecule has 0 amide bonds. The Morgan fingerprint density at radius 1 is 1.09 bits per heavy atom. The molecule has 1 N–H and O–H groups in total. The summed E-state index contributed by atoms with van der Waals surface area (Å²) in [4.78, 5) is 0. The largest absolute Gasteiger partial charge is 0.497 e. The number of hydrogen-bond acceptors (Lipinski definition) is 3. The van der Waals surface area contributed by atoms with Gasteiger partial charge in [0.05, 0.1) is 13.2 Å². The van der Waals surface area contributed by atoms with Gasteiger partial charge in [0, 0.05) is 5.54 Å². The maximum Gasteiger partial charge on any atom is 0.121 e. The minimum atomic E-state index is -0.206. The normalized spacial score (nSPS) is 36.8. The molecule has 0 unspecified atom stereocenters. The molecule has 4 aliphatic rings. The lowest BCUT2D eigenvalue weighted by molar-refractivity contribution is -0.0226. The molecule has 4 saturated carbocycles. The predicted octanol–water partition coefficient (Wildman–Crippen LogP) is 3.82. The fraction of sp³-hybridized carbons (Fsp3) is 0.632. The van der Waals surface area contributed by atoms with Gasteiger partial charge in [0.1, 0.15) is 11.8 Å². The molecule has 0 aliphatic heterocycles. The fourth-order valence-corrected chi connectivity index (χ4v) is 5.58. The Hall–Kier alpha value is -1.53. The lowest BCUT2D eigenvalue weighted by atomic mass is 9.53. The van der Waals surface area contributed by atoms with Crippen molar-refractivity contribution in [3.63, 3.8) is 0 Å². The van der Waals surface area contributed by atoms with Gasteiger partial charge in [-0.2, -0.15) is 5.26 Å². The molecular weight excluding hydrogens is 272 g/mol. The number of nitrogens with one attached hydrogen (secondary N) is 1. The highest BCUT2D eigenvalue weighted by Crippen LogP contribution is 2.56. The van der Waals surface area contributed by atoms with Crippen LogP contribution >= 0.6 is 0 Å². The molecule has 0 saturated heterocycles. The number of ether oxygens (including phenoxy) is 1. The smallest absolute Gasteiger partial charge is 0.121 e. The third kappa shape index (κ3) is 2.40. The minimum Gasteiger partial charge on any atom is -0.497 e. The second-order valence-corrected chi connectivity index (χ2v) is 7.68. The highest BCUT2D eigenvalue weighted by molar-refractivity contribution is 5.32. The molecule has 1 aromatic carbocycles. The first kappa shape index (κ1) is 14.1. The summed E-state index contributed by atoms with van der Waals surface area (Å²) in [7, 11) is 1.67. The zero-order valence-corrected chi connectivity index (χ0v) is 13.2. The average molecular weight is 296 g/mol. The zero-order valence-electron chi connectivity index (χ0n) is 13.2. The van der Waals surface area contributed by atoms with E-state index >= 15 is 0 Å². The summed E-state index contributed by atoms with van der Waals surface area (Å²) >= 11 is 0. The Bertz CT molecular complexity index is 551. The van der Waals surface area contributed by atoms with Crippen molar-refractivity contribution in [3.05, 3.63) is 29.8 Å². The SMILES string of the molecule is COc1ccc([C@H](C#N)NC23CC4CC(CC(C4)C2)C3)cc1. The number of rotatable bonds is 4. The molecule has 1 atom stereocenters. The molecular formula is C19H24N2O. The minimum absolute atomic E-state index is 0.206. The maximum absolute atomic E-state index is 9.66. The molecule has 4 aliphatic carbocycles. The van der Waals surface area contributed by atoms with Crippen LogP contribution in [0.3, 0.4) is 0 Å². The quantitative estimate of drug-likeness (QED) is 0.918. The van der Waals surface area contributed by atoms with Crippen molar-refractivity contribution in [2.45, 2.75) is 50.1 Å². The van der Waals surface area contributed by atoms with Crippen molar-refractivity contribution < 1.29 is 4.74 Å². The van der Waals surface area contributed by atoms with Crippen molar-refractivity contribution in [2.24, 2.45) is 17.8 Å². The van der Waals surface area contributed by atoms with Gasteiger partial charge < -0.3 is 4.74 Å². The third-order valence-corrected chi connectivity index (χ3v) is 6.07. The van der Waals surface area contributed by atoms with Crippen LogP contribution in [0.1, 0.15) is 50.1 Å². The van der Waals surface area contributed by atoms with Gasteiger partial charge in [0.25, 0.3) is 0 Å². The van der Waals surface area contributed by atoms with E-state index in [2.05, 4.69) is 11.4 Å². The molecule has 3 heteroatoms. The van der Waals surface area contributed by atoms with Crippen molar-refractivity contribution >= 4 is 0 Å². The topological polar surface area (TPSA) is 45.0 Å². The molecule has 5 rings (SSSR count). The summed E-state index contributed by atoms with van der Waals surface area (Å²) in [5.74, 6) is 3.53. The van der Waals surface area contributed by atoms with E-state index in [-0.39, 0.29) is 11.6 Å². The van der Waals surface area contributed by atoms with Gasteiger partial charge in [-0.1, -0.05) is 12.1 Å². The fourth-order valence-electron chi connectivity index (χ4n) is 5.58. The third-order valence-electron chi connectivity index (χ3n) is 6.07. The first-order chi connectivity index (χ1) is 10.7. The van der Waals surface area contributed by atoms with E-state index in [1.807, 2.05) is 24.3 Å². The van der Waals surface area contributed by atoms with Gasteiger partial charge in [-0.3, -0.25) is 5.32 Å². The van der Waals surface area contributed by atoms with Crippen LogP contribution in [0.4, 0.5) is 0 Å². The van der Waals surface area contributed by atoms with Crippen LogP contribution in [0, 0.1) is 29.1 Å². The van der Waals surface area contributed by atoms with Crippen molar-refractivity contribution in [3.8, 4) is 11.8 Å². The number of nitrogens with zero attached hydrogens (tertiary/aromatic N) is 1. The van der Waals surface area contributed by atoms with Gasteiger partial charge in [0.15, 0.2) is 0 Å². The molecule has 1 aromatic rings. The van der Waals surface area contributed by atoms with E-state index in [4.69, 9.17) is 4.74 Å². The summed E-state index contributed by atoms with van der Waals surface area (Å²) in [6.45, 7) is 0. The summed E-state index contributed by atoms with van der Waals surface area (Å²) in [6.07, 6.45) is 8.11. The molecule has 3 nitrogen and oxygen atoms in total.